The third-order valence-electron chi connectivity index (χ3n) is 3.83. The molecule has 1 unspecified atom stereocenters. The minimum absolute atomic E-state index is 0.490. The standard InChI is InChI=1S/C18H29NO/c1-3-6-16(19-13-4-2)10-9-15-7-5-8-18(14-15)20-17-11-12-17/h5,7-8,14,16-17,19H,3-4,6,9-13H2,1-2H3. The summed E-state index contributed by atoms with van der Waals surface area (Å²) in [6, 6.07) is 9.32. The van der Waals surface area contributed by atoms with E-state index in [2.05, 4.69) is 43.4 Å². The Morgan fingerprint density at radius 2 is 2.05 bits per heavy atom. The Balaban J connectivity index is 1.81. The van der Waals surface area contributed by atoms with E-state index in [4.69, 9.17) is 4.74 Å². The lowest BCUT2D eigenvalue weighted by Crippen LogP contribution is -2.30. The van der Waals surface area contributed by atoms with E-state index in [1.54, 1.807) is 0 Å². The van der Waals surface area contributed by atoms with Gasteiger partial charge in [0.2, 0.25) is 0 Å². The molecule has 20 heavy (non-hydrogen) atoms. The van der Waals surface area contributed by atoms with E-state index in [9.17, 15) is 0 Å². The van der Waals surface area contributed by atoms with Crippen molar-refractivity contribution in [2.24, 2.45) is 0 Å². The summed E-state index contributed by atoms with van der Waals surface area (Å²) in [5.41, 5.74) is 1.41. The Bertz CT molecular complexity index is 387. The first kappa shape index (κ1) is 15.4. The van der Waals surface area contributed by atoms with Crippen molar-refractivity contribution >= 4 is 0 Å². The molecule has 1 atom stereocenters. The molecule has 1 fully saturated rings. The van der Waals surface area contributed by atoms with Crippen LogP contribution in [0.4, 0.5) is 0 Å². The molecule has 112 valence electrons. The largest absolute Gasteiger partial charge is 0.490 e. The van der Waals surface area contributed by atoms with Crippen LogP contribution in [0.25, 0.3) is 0 Å². The Morgan fingerprint density at radius 3 is 2.75 bits per heavy atom. The van der Waals surface area contributed by atoms with Gasteiger partial charge in [-0.1, -0.05) is 32.4 Å². The summed E-state index contributed by atoms with van der Waals surface area (Å²) in [4.78, 5) is 0. The predicted molar refractivity (Wildman–Crippen MR) is 85.4 cm³/mol. The molecule has 1 aromatic carbocycles. The first-order chi connectivity index (χ1) is 9.81. The molecule has 2 nitrogen and oxygen atoms in total. The molecule has 0 bridgehead atoms. The van der Waals surface area contributed by atoms with Gasteiger partial charge in [-0.05, 0) is 62.8 Å². The highest BCUT2D eigenvalue weighted by molar-refractivity contribution is 5.29. The predicted octanol–water partition coefficient (Wildman–Crippen LogP) is 4.33. The van der Waals surface area contributed by atoms with Crippen molar-refractivity contribution in [3.63, 3.8) is 0 Å². The van der Waals surface area contributed by atoms with E-state index in [0.29, 0.717) is 12.1 Å². The number of benzene rings is 1. The summed E-state index contributed by atoms with van der Waals surface area (Å²) >= 11 is 0. The van der Waals surface area contributed by atoms with Crippen molar-refractivity contribution in [1.29, 1.82) is 0 Å². The van der Waals surface area contributed by atoms with E-state index in [0.717, 1.165) is 18.7 Å². The molecule has 1 aliphatic rings. The van der Waals surface area contributed by atoms with Gasteiger partial charge in [-0.2, -0.15) is 0 Å². The Kier molecular flexibility index (Phi) is 6.38. The fourth-order valence-corrected chi connectivity index (χ4v) is 2.54. The van der Waals surface area contributed by atoms with Gasteiger partial charge >= 0.3 is 0 Å². The molecule has 0 saturated heterocycles. The lowest BCUT2D eigenvalue weighted by atomic mass is 10.0. The lowest BCUT2D eigenvalue weighted by molar-refractivity contribution is 0.303. The van der Waals surface area contributed by atoms with Crippen LogP contribution in [0.1, 0.15) is 57.9 Å². The maximum absolute atomic E-state index is 5.87. The summed E-state index contributed by atoms with van der Waals surface area (Å²) in [6.45, 7) is 5.63. The molecule has 0 spiro atoms. The van der Waals surface area contributed by atoms with Gasteiger partial charge in [-0.25, -0.2) is 0 Å². The fourth-order valence-electron chi connectivity index (χ4n) is 2.54. The molecule has 1 saturated carbocycles. The molecule has 0 aliphatic heterocycles. The Hall–Kier alpha value is -1.02. The fraction of sp³-hybridized carbons (Fsp3) is 0.667. The third kappa shape index (κ3) is 5.54. The van der Waals surface area contributed by atoms with Crippen molar-refractivity contribution in [3.8, 4) is 5.75 Å². The minimum Gasteiger partial charge on any atom is -0.490 e. The zero-order valence-corrected chi connectivity index (χ0v) is 13.0. The van der Waals surface area contributed by atoms with E-state index >= 15 is 0 Å². The molecule has 1 aliphatic carbocycles. The molecule has 0 heterocycles. The molecule has 0 amide bonds. The highest BCUT2D eigenvalue weighted by Gasteiger charge is 2.23. The maximum Gasteiger partial charge on any atom is 0.119 e. The van der Waals surface area contributed by atoms with Crippen LogP contribution in [0.2, 0.25) is 0 Å². The number of ether oxygens (including phenoxy) is 1. The van der Waals surface area contributed by atoms with Gasteiger partial charge in [-0.15, -0.1) is 0 Å². The Labute approximate surface area is 123 Å². The monoisotopic (exact) mass is 275 g/mol. The van der Waals surface area contributed by atoms with Crippen LogP contribution in [0.5, 0.6) is 5.75 Å². The second kappa shape index (κ2) is 8.31. The summed E-state index contributed by atoms with van der Waals surface area (Å²) in [5.74, 6) is 1.05. The highest BCUT2D eigenvalue weighted by atomic mass is 16.5. The second-order valence-electron chi connectivity index (χ2n) is 5.94. The maximum atomic E-state index is 5.87. The highest BCUT2D eigenvalue weighted by Crippen LogP contribution is 2.27. The molecular formula is C18H29NO. The first-order valence-corrected chi connectivity index (χ1v) is 8.30. The van der Waals surface area contributed by atoms with Gasteiger partial charge in [0.05, 0.1) is 6.10 Å². The Morgan fingerprint density at radius 1 is 1.20 bits per heavy atom. The van der Waals surface area contributed by atoms with Crippen LogP contribution in [0.15, 0.2) is 24.3 Å². The first-order valence-electron chi connectivity index (χ1n) is 8.30. The molecular weight excluding hydrogens is 246 g/mol. The van der Waals surface area contributed by atoms with Crippen LogP contribution >= 0.6 is 0 Å². The van der Waals surface area contributed by atoms with Gasteiger partial charge < -0.3 is 10.1 Å². The van der Waals surface area contributed by atoms with Crippen molar-refractivity contribution < 1.29 is 4.74 Å². The van der Waals surface area contributed by atoms with Crippen LogP contribution < -0.4 is 10.1 Å². The topological polar surface area (TPSA) is 21.3 Å². The number of rotatable bonds is 10. The minimum atomic E-state index is 0.490. The van der Waals surface area contributed by atoms with E-state index in [1.165, 1.54) is 44.1 Å². The van der Waals surface area contributed by atoms with E-state index in [-0.39, 0.29) is 0 Å². The van der Waals surface area contributed by atoms with Gasteiger partial charge in [0.1, 0.15) is 5.75 Å². The number of aryl methyl sites for hydroxylation is 1. The van der Waals surface area contributed by atoms with Gasteiger partial charge in [0.15, 0.2) is 0 Å². The molecule has 1 aromatic rings. The summed E-state index contributed by atoms with van der Waals surface area (Å²) in [7, 11) is 0. The smallest absolute Gasteiger partial charge is 0.119 e. The summed E-state index contributed by atoms with van der Waals surface area (Å²) in [6.07, 6.45) is 9.05. The zero-order valence-electron chi connectivity index (χ0n) is 13.0. The van der Waals surface area contributed by atoms with Crippen molar-refractivity contribution in [3.05, 3.63) is 29.8 Å². The molecule has 0 radical (unpaired) electrons. The van der Waals surface area contributed by atoms with Crippen LogP contribution in [0.3, 0.4) is 0 Å². The van der Waals surface area contributed by atoms with Gasteiger partial charge in [-0.3, -0.25) is 0 Å². The molecule has 2 rings (SSSR count). The van der Waals surface area contributed by atoms with Crippen LogP contribution in [-0.4, -0.2) is 18.7 Å². The number of nitrogens with one attached hydrogen (secondary N) is 1. The van der Waals surface area contributed by atoms with Gasteiger partial charge in [0.25, 0.3) is 0 Å². The van der Waals surface area contributed by atoms with Crippen molar-refractivity contribution in [2.45, 2.75) is 70.9 Å². The summed E-state index contributed by atoms with van der Waals surface area (Å²) < 4.78 is 5.87. The van der Waals surface area contributed by atoms with Crippen molar-refractivity contribution in [1.82, 2.24) is 5.32 Å². The zero-order chi connectivity index (χ0) is 14.2. The number of hydrogen-bond acceptors (Lipinski definition) is 2. The quantitative estimate of drug-likeness (QED) is 0.686. The average molecular weight is 275 g/mol. The van der Waals surface area contributed by atoms with E-state index < -0.39 is 0 Å². The van der Waals surface area contributed by atoms with E-state index in [1.807, 2.05) is 0 Å². The van der Waals surface area contributed by atoms with Crippen LogP contribution in [0, 0.1) is 0 Å². The van der Waals surface area contributed by atoms with Crippen LogP contribution in [-0.2, 0) is 6.42 Å². The summed E-state index contributed by atoms with van der Waals surface area (Å²) in [5, 5.41) is 3.67. The number of hydrogen-bond donors (Lipinski definition) is 1. The SMILES string of the molecule is CCCNC(CCC)CCc1cccc(OC2CC2)c1. The molecule has 1 N–H and O–H groups in total. The second-order valence-corrected chi connectivity index (χ2v) is 5.94. The average Bonchev–Trinajstić information content (AvgIpc) is 3.26. The molecule has 2 heteroatoms. The van der Waals surface area contributed by atoms with Gasteiger partial charge in [0, 0.05) is 6.04 Å². The normalized spacial score (nSPS) is 16.1. The van der Waals surface area contributed by atoms with Crippen molar-refractivity contribution in [2.75, 3.05) is 6.54 Å². The lowest BCUT2D eigenvalue weighted by Gasteiger charge is -2.18. The third-order valence-corrected chi connectivity index (χ3v) is 3.83. The molecule has 0 aromatic heterocycles.